The molecule has 36 heavy (non-hydrogen) atoms. The van der Waals surface area contributed by atoms with Crippen LogP contribution in [-0.2, 0) is 25.5 Å². The van der Waals surface area contributed by atoms with Crippen LogP contribution in [0, 0.1) is 28.9 Å². The van der Waals surface area contributed by atoms with E-state index in [0.717, 1.165) is 24.3 Å². The van der Waals surface area contributed by atoms with Crippen LogP contribution in [-0.4, -0.2) is 38.3 Å². The molecule has 0 heterocycles. The van der Waals surface area contributed by atoms with Gasteiger partial charge in [-0.25, -0.2) is 17.2 Å². The molecule has 0 unspecified atom stereocenters. The van der Waals surface area contributed by atoms with Crippen LogP contribution in [0.2, 0.25) is 0 Å². The van der Waals surface area contributed by atoms with E-state index in [4.69, 9.17) is 4.74 Å². The maximum Gasteiger partial charge on any atom is 0.417 e. The molecule has 6 nitrogen and oxygen atoms in total. The molecule has 0 aromatic heterocycles. The van der Waals surface area contributed by atoms with Crippen LogP contribution in [0.4, 0.5) is 22.0 Å². The van der Waals surface area contributed by atoms with Gasteiger partial charge in [-0.1, -0.05) is 6.07 Å². The molecule has 0 aliphatic heterocycles. The lowest BCUT2D eigenvalue weighted by Gasteiger charge is -2.19. The van der Waals surface area contributed by atoms with Crippen molar-refractivity contribution in [2.75, 3.05) is 7.11 Å². The van der Waals surface area contributed by atoms with Gasteiger partial charge in [-0.05, 0) is 55.5 Å². The molecule has 0 spiro atoms. The second-order valence-corrected chi connectivity index (χ2v) is 11.2. The number of amides is 1. The largest absolute Gasteiger partial charge is 0.417 e. The highest BCUT2D eigenvalue weighted by molar-refractivity contribution is 7.92. The summed E-state index contributed by atoms with van der Waals surface area (Å²) in [5.41, 5.74) is -3.09. The van der Waals surface area contributed by atoms with E-state index in [2.05, 4.69) is 5.32 Å². The summed E-state index contributed by atoms with van der Waals surface area (Å²) in [5.74, 6) is -3.57. The van der Waals surface area contributed by atoms with Crippen LogP contribution in [0.5, 0.6) is 0 Å². The molecule has 2 aliphatic rings. The van der Waals surface area contributed by atoms with E-state index in [1.807, 2.05) is 6.07 Å². The molecular formula is C24H21F5N2O4S. The molecule has 3 atom stereocenters. The van der Waals surface area contributed by atoms with Gasteiger partial charge in [0, 0.05) is 18.7 Å². The molecule has 2 fully saturated rings. The van der Waals surface area contributed by atoms with Gasteiger partial charge in [-0.2, -0.15) is 18.4 Å². The summed E-state index contributed by atoms with van der Waals surface area (Å²) in [6, 6.07) is 6.64. The molecule has 2 saturated carbocycles. The number of alkyl halides is 3. The molecule has 192 valence electrons. The number of hydrogen-bond acceptors (Lipinski definition) is 5. The number of nitrogens with zero attached hydrogens (tertiary/aromatic N) is 1. The third-order valence-corrected chi connectivity index (χ3v) is 8.93. The summed E-state index contributed by atoms with van der Waals surface area (Å²) in [6.45, 7) is 0. The summed E-state index contributed by atoms with van der Waals surface area (Å²) in [6.07, 6.45) is -5.58. The molecule has 0 radical (unpaired) electrons. The van der Waals surface area contributed by atoms with Crippen molar-refractivity contribution in [3.63, 3.8) is 0 Å². The minimum Gasteiger partial charge on any atom is -0.381 e. The van der Waals surface area contributed by atoms with Crippen LogP contribution in [0.25, 0.3) is 11.1 Å². The minimum absolute atomic E-state index is 0.220. The molecule has 2 aromatic rings. The molecule has 12 heteroatoms. The Kier molecular flexibility index (Phi) is 6.59. The van der Waals surface area contributed by atoms with Crippen LogP contribution in [0.3, 0.4) is 0 Å². The molecule has 0 saturated heterocycles. The van der Waals surface area contributed by atoms with Gasteiger partial charge in [0.25, 0.3) is 0 Å². The van der Waals surface area contributed by atoms with Crippen LogP contribution in [0.1, 0.15) is 31.2 Å². The van der Waals surface area contributed by atoms with E-state index in [1.54, 1.807) is 0 Å². The quantitative estimate of drug-likeness (QED) is 0.561. The zero-order valence-electron chi connectivity index (χ0n) is 18.9. The highest BCUT2D eigenvalue weighted by Crippen LogP contribution is 2.43. The Morgan fingerprint density at radius 1 is 1.14 bits per heavy atom. The van der Waals surface area contributed by atoms with Gasteiger partial charge in [0.1, 0.15) is 17.2 Å². The lowest BCUT2D eigenvalue weighted by atomic mass is 10.0. The van der Waals surface area contributed by atoms with E-state index in [0.29, 0.717) is 25.0 Å². The van der Waals surface area contributed by atoms with Crippen molar-refractivity contribution in [1.29, 1.82) is 5.26 Å². The zero-order valence-corrected chi connectivity index (χ0v) is 19.7. The molecule has 0 bridgehead atoms. The number of nitrogens with one attached hydrogen (secondary N) is 1. The van der Waals surface area contributed by atoms with Crippen molar-refractivity contribution in [3.8, 4) is 17.2 Å². The molecule has 1 amide bonds. The minimum atomic E-state index is -5.10. The lowest BCUT2D eigenvalue weighted by molar-refractivity contribution is -0.139. The Hall–Kier alpha value is -3.04. The topological polar surface area (TPSA) is 96.3 Å². The molecule has 2 aliphatic carbocycles. The van der Waals surface area contributed by atoms with Gasteiger partial charge in [-0.3, -0.25) is 4.79 Å². The first-order valence-corrected chi connectivity index (χ1v) is 12.5. The maximum absolute atomic E-state index is 14.2. The summed E-state index contributed by atoms with van der Waals surface area (Å²) in [5, 5.41) is 10.4. The average Bonchev–Trinajstić information content (AvgIpc) is 3.43. The van der Waals surface area contributed by atoms with E-state index in [1.165, 1.54) is 7.11 Å². The van der Waals surface area contributed by atoms with Crippen molar-refractivity contribution in [3.05, 3.63) is 53.6 Å². The summed E-state index contributed by atoms with van der Waals surface area (Å²) < 4.78 is 101. The third-order valence-electron chi connectivity index (χ3n) is 6.70. The summed E-state index contributed by atoms with van der Waals surface area (Å²) in [4.78, 5) is 11.7. The number of nitriles is 1. The monoisotopic (exact) mass is 528 g/mol. The lowest BCUT2D eigenvalue weighted by Crippen LogP contribution is -2.42. The second kappa shape index (κ2) is 9.12. The first kappa shape index (κ1) is 26.0. The second-order valence-electron chi connectivity index (χ2n) is 9.04. The normalized spacial score (nSPS) is 23.2. The highest BCUT2D eigenvalue weighted by Gasteiger charge is 2.51. The first-order chi connectivity index (χ1) is 16.8. The summed E-state index contributed by atoms with van der Waals surface area (Å²) in [7, 11) is -3.34. The Morgan fingerprint density at radius 2 is 1.83 bits per heavy atom. The van der Waals surface area contributed by atoms with Crippen molar-refractivity contribution in [2.24, 2.45) is 5.92 Å². The van der Waals surface area contributed by atoms with Crippen LogP contribution in [0.15, 0.2) is 41.3 Å². The van der Waals surface area contributed by atoms with Gasteiger partial charge < -0.3 is 10.1 Å². The fraction of sp³-hybridized carbons (Fsp3) is 0.417. The average molecular weight is 528 g/mol. The summed E-state index contributed by atoms with van der Waals surface area (Å²) >= 11 is 0. The van der Waals surface area contributed by atoms with Gasteiger partial charge in [0.15, 0.2) is 9.84 Å². The zero-order chi connectivity index (χ0) is 26.5. The predicted octanol–water partition coefficient (Wildman–Crippen LogP) is 4.39. The molecule has 2 aromatic carbocycles. The van der Waals surface area contributed by atoms with E-state index < -0.39 is 66.8 Å². The van der Waals surface area contributed by atoms with E-state index in [9.17, 15) is 40.4 Å². The maximum atomic E-state index is 14.2. The SMILES string of the molecule is CO[C@H]1C[C@@H](S(=O)(=O)c2ccc(-c3ccc(F)cc3F)cc2C(F)(F)F)C[C@@H]1C(=O)NC1(C#N)CC1. The molecular weight excluding hydrogens is 507 g/mol. The van der Waals surface area contributed by atoms with Crippen LogP contribution >= 0.6 is 0 Å². The number of halogens is 5. The van der Waals surface area contributed by atoms with Crippen LogP contribution < -0.4 is 5.32 Å². The van der Waals surface area contributed by atoms with E-state index in [-0.39, 0.29) is 24.0 Å². The number of benzene rings is 2. The number of methoxy groups -OCH3 is 1. The van der Waals surface area contributed by atoms with Crippen molar-refractivity contribution in [2.45, 2.75) is 53.6 Å². The number of rotatable bonds is 6. The van der Waals surface area contributed by atoms with Gasteiger partial charge >= 0.3 is 6.18 Å². The highest BCUT2D eigenvalue weighted by atomic mass is 32.2. The van der Waals surface area contributed by atoms with E-state index >= 15 is 0 Å². The predicted molar refractivity (Wildman–Crippen MR) is 117 cm³/mol. The van der Waals surface area contributed by atoms with Crippen molar-refractivity contribution in [1.82, 2.24) is 5.32 Å². The Morgan fingerprint density at radius 3 is 2.39 bits per heavy atom. The van der Waals surface area contributed by atoms with Gasteiger partial charge in [0.2, 0.25) is 5.91 Å². The number of hydrogen-bond donors (Lipinski definition) is 1. The molecule has 1 N–H and O–H groups in total. The Bertz CT molecular complexity index is 1350. The number of carbonyl (C=O) groups is 1. The number of ether oxygens (including phenoxy) is 1. The third kappa shape index (κ3) is 4.82. The van der Waals surface area contributed by atoms with Crippen molar-refractivity contribution < 1.29 is 39.9 Å². The van der Waals surface area contributed by atoms with Gasteiger partial charge in [-0.15, -0.1) is 0 Å². The standard InChI is InChI=1S/C24H21F5N2O4S/c1-35-20-11-15(10-17(20)22(32)31-23(12-30)6-7-23)36(33,34)21-5-2-13(8-18(21)24(27,28)29)16-4-3-14(25)9-19(16)26/h2-5,8-9,15,17,20H,6-7,10-11H2,1H3,(H,31,32)/t15-,17-,20-/m0/s1. The number of carbonyl (C=O) groups excluding carboxylic acids is 1. The molecule has 4 rings (SSSR count). The Labute approximate surface area is 204 Å². The first-order valence-electron chi connectivity index (χ1n) is 11.0. The fourth-order valence-electron chi connectivity index (χ4n) is 4.53. The van der Waals surface area contributed by atoms with Gasteiger partial charge in [0.05, 0.1) is 33.8 Å². The fourth-order valence-corrected chi connectivity index (χ4v) is 6.53. The smallest absolute Gasteiger partial charge is 0.381 e. The number of sulfone groups is 1. The van der Waals surface area contributed by atoms with Crippen molar-refractivity contribution >= 4 is 15.7 Å². The Balaban J connectivity index is 1.68.